The van der Waals surface area contributed by atoms with Gasteiger partial charge in [-0.25, -0.2) is 0 Å². The van der Waals surface area contributed by atoms with E-state index in [9.17, 15) is 19.8 Å². The minimum Gasteiger partial charge on any atom is -0.508 e. The molecule has 35 heavy (non-hydrogen) atoms. The van der Waals surface area contributed by atoms with Crippen LogP contribution in [0.25, 0.3) is 5.76 Å². The number of nitrogens with zero attached hydrogens (tertiary/aromatic N) is 1. The predicted molar refractivity (Wildman–Crippen MR) is 134 cm³/mol. The third-order valence-electron chi connectivity index (χ3n) is 5.48. The molecule has 3 aromatic rings. The number of phenolic OH excluding ortho intramolecular Hbond substituents is 1. The number of halogens is 3. The number of benzene rings is 3. The topological polar surface area (TPSA) is 96.3 Å². The van der Waals surface area contributed by atoms with Gasteiger partial charge >= 0.3 is 0 Å². The van der Waals surface area contributed by atoms with Crippen LogP contribution in [0.15, 0.2) is 60.2 Å². The Balaban J connectivity index is 2.03. The summed E-state index contributed by atoms with van der Waals surface area (Å²) in [5.41, 5.74) is 0.444. The third kappa shape index (κ3) is 4.50. The zero-order chi connectivity index (χ0) is 25.4. The molecule has 1 aliphatic heterocycles. The SMILES string of the molecule is COc1cc(/C(O)=C2\C(=O)C(=O)N(c3cc(Cl)cc(Cl)c3)C2c2cccc(O)c2)c(OC)cc1Cl. The first-order valence-corrected chi connectivity index (χ1v) is 11.3. The Hall–Kier alpha value is -3.39. The number of aromatic hydroxyl groups is 1. The number of methoxy groups -OCH3 is 2. The molecule has 3 aromatic carbocycles. The number of hydrogen-bond donors (Lipinski definition) is 2. The number of phenols is 1. The van der Waals surface area contributed by atoms with Crippen molar-refractivity contribution in [2.45, 2.75) is 6.04 Å². The van der Waals surface area contributed by atoms with Gasteiger partial charge in [0.15, 0.2) is 0 Å². The summed E-state index contributed by atoms with van der Waals surface area (Å²) in [5, 5.41) is 22.2. The van der Waals surface area contributed by atoms with Crippen LogP contribution in [0.5, 0.6) is 17.2 Å². The average molecular weight is 535 g/mol. The molecule has 1 heterocycles. The standard InChI is InChI=1S/C25H18Cl3NO6/c1-34-19-11-18(28)20(35-2)10-17(19)23(31)21-22(12-4-3-5-16(30)6-12)29(25(33)24(21)32)15-8-13(26)7-14(27)9-15/h3-11,22,30-31H,1-2H3/b23-21+. The number of aliphatic hydroxyl groups is 1. The fourth-order valence-corrected chi connectivity index (χ4v) is 4.72. The second-order valence-electron chi connectivity index (χ2n) is 7.58. The van der Waals surface area contributed by atoms with Crippen LogP contribution in [0.2, 0.25) is 15.1 Å². The van der Waals surface area contributed by atoms with Crippen molar-refractivity contribution in [3.63, 3.8) is 0 Å². The van der Waals surface area contributed by atoms with Crippen LogP contribution in [0.3, 0.4) is 0 Å². The summed E-state index contributed by atoms with van der Waals surface area (Å²) in [5.74, 6) is -2.11. The Morgan fingerprint density at radius 1 is 0.914 bits per heavy atom. The molecule has 0 aliphatic carbocycles. The quantitative estimate of drug-likeness (QED) is 0.237. The minimum absolute atomic E-state index is 0.0843. The van der Waals surface area contributed by atoms with E-state index >= 15 is 0 Å². The number of amides is 1. The Labute approximate surface area is 215 Å². The molecule has 0 saturated carbocycles. The molecule has 1 fully saturated rings. The van der Waals surface area contributed by atoms with E-state index in [-0.39, 0.29) is 49.1 Å². The number of Topliss-reactive ketones (excluding diaryl/α,β-unsaturated/α-hetero) is 1. The van der Waals surface area contributed by atoms with Gasteiger partial charge in [0.2, 0.25) is 0 Å². The van der Waals surface area contributed by atoms with Crippen LogP contribution in [-0.4, -0.2) is 36.1 Å². The lowest BCUT2D eigenvalue weighted by Gasteiger charge is -2.26. The molecule has 1 aliphatic rings. The maximum Gasteiger partial charge on any atom is 0.300 e. The minimum atomic E-state index is -1.12. The third-order valence-corrected chi connectivity index (χ3v) is 6.22. The highest BCUT2D eigenvalue weighted by molar-refractivity contribution is 6.52. The van der Waals surface area contributed by atoms with E-state index in [1.807, 2.05) is 0 Å². The maximum atomic E-state index is 13.3. The van der Waals surface area contributed by atoms with Crippen LogP contribution >= 0.6 is 34.8 Å². The Kier molecular flexibility index (Phi) is 6.85. The molecule has 0 aromatic heterocycles. The first-order valence-electron chi connectivity index (χ1n) is 10.1. The van der Waals surface area contributed by atoms with Crippen molar-refractivity contribution in [1.82, 2.24) is 0 Å². The number of rotatable bonds is 5. The van der Waals surface area contributed by atoms with Gasteiger partial charge in [-0.1, -0.05) is 46.9 Å². The lowest BCUT2D eigenvalue weighted by Crippen LogP contribution is -2.29. The summed E-state index contributed by atoms with van der Waals surface area (Å²) in [6, 6.07) is 12.1. The van der Waals surface area contributed by atoms with Gasteiger partial charge in [0.05, 0.1) is 36.4 Å². The van der Waals surface area contributed by atoms with E-state index < -0.39 is 23.5 Å². The molecule has 1 atom stereocenters. The smallest absolute Gasteiger partial charge is 0.300 e. The van der Waals surface area contributed by atoms with E-state index in [1.165, 1.54) is 61.6 Å². The van der Waals surface area contributed by atoms with E-state index in [4.69, 9.17) is 44.3 Å². The molecule has 0 bridgehead atoms. The van der Waals surface area contributed by atoms with Gasteiger partial charge in [-0.2, -0.15) is 0 Å². The highest BCUT2D eigenvalue weighted by Crippen LogP contribution is 2.45. The molecule has 7 nitrogen and oxygen atoms in total. The molecule has 4 rings (SSSR count). The Morgan fingerprint density at radius 3 is 2.17 bits per heavy atom. The molecule has 10 heteroatoms. The summed E-state index contributed by atoms with van der Waals surface area (Å²) < 4.78 is 10.6. The lowest BCUT2D eigenvalue weighted by atomic mass is 9.94. The van der Waals surface area contributed by atoms with E-state index in [1.54, 1.807) is 12.1 Å². The van der Waals surface area contributed by atoms with Gasteiger partial charge in [0.1, 0.15) is 23.0 Å². The molecule has 180 valence electrons. The van der Waals surface area contributed by atoms with Crippen molar-refractivity contribution in [2.24, 2.45) is 0 Å². The van der Waals surface area contributed by atoms with Crippen LogP contribution < -0.4 is 14.4 Å². The lowest BCUT2D eigenvalue weighted by molar-refractivity contribution is -0.132. The fraction of sp³-hybridized carbons (Fsp3) is 0.120. The molecular weight excluding hydrogens is 517 g/mol. The molecule has 2 N–H and O–H groups in total. The molecular formula is C25H18Cl3NO6. The summed E-state index contributed by atoms with van der Waals surface area (Å²) in [6.45, 7) is 0. The number of carbonyl (C=O) groups is 2. The van der Waals surface area contributed by atoms with Gasteiger partial charge in [-0.05, 0) is 42.0 Å². The maximum absolute atomic E-state index is 13.3. The van der Waals surface area contributed by atoms with Crippen molar-refractivity contribution >= 4 is 57.9 Å². The fourth-order valence-electron chi connectivity index (χ4n) is 3.98. The Morgan fingerprint density at radius 2 is 1.57 bits per heavy atom. The molecule has 1 amide bonds. The summed E-state index contributed by atoms with van der Waals surface area (Å²) in [4.78, 5) is 27.8. The van der Waals surface area contributed by atoms with Crippen molar-refractivity contribution in [3.05, 3.63) is 86.4 Å². The highest BCUT2D eigenvalue weighted by atomic mass is 35.5. The Bertz CT molecular complexity index is 1370. The van der Waals surface area contributed by atoms with Crippen LogP contribution in [0, 0.1) is 0 Å². The number of hydrogen-bond acceptors (Lipinski definition) is 6. The van der Waals surface area contributed by atoms with Gasteiger partial charge < -0.3 is 19.7 Å². The predicted octanol–water partition coefficient (Wildman–Crippen LogP) is 6.00. The normalized spacial score (nSPS) is 17.1. The second-order valence-corrected chi connectivity index (χ2v) is 8.86. The van der Waals surface area contributed by atoms with Crippen molar-refractivity contribution < 1.29 is 29.3 Å². The number of carbonyl (C=O) groups excluding carboxylic acids is 2. The van der Waals surface area contributed by atoms with Crippen LogP contribution in [-0.2, 0) is 9.59 Å². The highest BCUT2D eigenvalue weighted by Gasteiger charge is 2.47. The van der Waals surface area contributed by atoms with E-state index in [2.05, 4.69) is 0 Å². The largest absolute Gasteiger partial charge is 0.508 e. The molecule has 0 spiro atoms. The van der Waals surface area contributed by atoms with Gasteiger partial charge in [0.25, 0.3) is 11.7 Å². The summed E-state index contributed by atoms with van der Waals surface area (Å²) in [6.07, 6.45) is 0. The van der Waals surface area contributed by atoms with Crippen LogP contribution in [0.1, 0.15) is 17.2 Å². The number of aliphatic hydroxyl groups excluding tert-OH is 1. The monoisotopic (exact) mass is 533 g/mol. The van der Waals surface area contributed by atoms with Gasteiger partial charge in [-0.15, -0.1) is 0 Å². The zero-order valence-corrected chi connectivity index (χ0v) is 20.6. The first kappa shape index (κ1) is 24.7. The average Bonchev–Trinajstić information content (AvgIpc) is 3.08. The molecule has 1 saturated heterocycles. The van der Waals surface area contributed by atoms with Gasteiger partial charge in [-0.3, -0.25) is 14.5 Å². The summed E-state index contributed by atoms with van der Waals surface area (Å²) >= 11 is 18.5. The molecule has 1 unspecified atom stereocenters. The van der Waals surface area contributed by atoms with E-state index in [0.29, 0.717) is 5.56 Å². The first-order chi connectivity index (χ1) is 16.7. The van der Waals surface area contributed by atoms with E-state index in [0.717, 1.165) is 0 Å². The zero-order valence-electron chi connectivity index (χ0n) is 18.4. The summed E-state index contributed by atoms with van der Waals surface area (Å²) in [7, 11) is 2.76. The molecule has 0 radical (unpaired) electrons. The number of anilines is 1. The number of ketones is 1. The van der Waals surface area contributed by atoms with Crippen LogP contribution in [0.4, 0.5) is 5.69 Å². The van der Waals surface area contributed by atoms with Crippen molar-refractivity contribution in [2.75, 3.05) is 19.1 Å². The van der Waals surface area contributed by atoms with Crippen molar-refractivity contribution in [1.29, 1.82) is 0 Å². The second kappa shape index (κ2) is 9.70. The number of ether oxygens (including phenoxy) is 2. The van der Waals surface area contributed by atoms with Crippen molar-refractivity contribution in [3.8, 4) is 17.2 Å². The van der Waals surface area contributed by atoms with Gasteiger partial charge in [0, 0.05) is 21.8 Å².